The Morgan fingerprint density at radius 2 is 2.10 bits per heavy atom. The molecule has 1 unspecified atom stereocenters. The maximum absolute atomic E-state index is 11.7. The van der Waals surface area contributed by atoms with Gasteiger partial charge in [0.25, 0.3) is 0 Å². The minimum absolute atomic E-state index is 0.163. The Hall–Kier alpha value is -1.02. The van der Waals surface area contributed by atoms with E-state index >= 15 is 0 Å². The molecule has 0 heterocycles. The summed E-state index contributed by atoms with van der Waals surface area (Å²) in [6.07, 6.45) is 1.53. The molecular weight excluding hydrogens is 407 g/mol. The third-order valence-corrected chi connectivity index (χ3v) is 4.08. The van der Waals surface area contributed by atoms with Gasteiger partial charge in [-0.1, -0.05) is 18.5 Å². The van der Waals surface area contributed by atoms with Gasteiger partial charge in [0.15, 0.2) is 0 Å². The molecule has 5 nitrogen and oxygen atoms in total. The average molecular weight is 425 g/mol. The molecule has 1 aromatic carbocycles. The van der Waals surface area contributed by atoms with Gasteiger partial charge in [-0.05, 0) is 59.5 Å². The summed E-state index contributed by atoms with van der Waals surface area (Å²) in [5.74, 6) is -0.526. The summed E-state index contributed by atoms with van der Waals surface area (Å²) in [5, 5.41) is 14.7. The number of amides is 2. The second kappa shape index (κ2) is 9.09. The monoisotopic (exact) mass is 424 g/mol. The van der Waals surface area contributed by atoms with Crippen molar-refractivity contribution in [3.8, 4) is 0 Å². The number of anilines is 1. The lowest BCUT2D eigenvalue weighted by atomic mass is 10.0. The molecule has 0 saturated carbocycles. The molecule has 1 aromatic rings. The lowest BCUT2D eigenvalue weighted by molar-refractivity contribution is -0.137. The fourth-order valence-corrected chi connectivity index (χ4v) is 2.71. The van der Waals surface area contributed by atoms with Crippen LogP contribution in [-0.2, 0) is 4.79 Å². The molecule has 0 aliphatic heterocycles. The first-order valence-electron chi connectivity index (χ1n) is 6.60. The van der Waals surface area contributed by atoms with Crippen molar-refractivity contribution >= 4 is 51.9 Å². The lowest BCUT2D eigenvalue weighted by Crippen LogP contribution is -2.30. The highest BCUT2D eigenvalue weighted by Gasteiger charge is 2.08. The highest BCUT2D eigenvalue weighted by atomic mass is 127. The van der Waals surface area contributed by atoms with Gasteiger partial charge in [-0.25, -0.2) is 4.79 Å². The smallest absolute Gasteiger partial charge is 0.319 e. The Morgan fingerprint density at radius 1 is 1.38 bits per heavy atom. The number of hydrogen-bond acceptors (Lipinski definition) is 2. The third-order valence-electron chi connectivity index (χ3n) is 2.95. The van der Waals surface area contributed by atoms with Crippen molar-refractivity contribution in [2.24, 2.45) is 5.92 Å². The van der Waals surface area contributed by atoms with Crippen LogP contribution in [0.5, 0.6) is 0 Å². The van der Waals surface area contributed by atoms with Crippen molar-refractivity contribution in [2.75, 3.05) is 11.9 Å². The van der Waals surface area contributed by atoms with Gasteiger partial charge in [-0.15, -0.1) is 0 Å². The van der Waals surface area contributed by atoms with Crippen molar-refractivity contribution in [2.45, 2.75) is 26.2 Å². The second-order valence-corrected chi connectivity index (χ2v) is 6.43. The highest BCUT2D eigenvalue weighted by Crippen LogP contribution is 2.22. The van der Waals surface area contributed by atoms with Crippen molar-refractivity contribution in [3.63, 3.8) is 0 Å². The molecule has 0 fully saturated rings. The van der Waals surface area contributed by atoms with E-state index in [9.17, 15) is 9.59 Å². The maximum Gasteiger partial charge on any atom is 0.319 e. The summed E-state index contributed by atoms with van der Waals surface area (Å²) in [6, 6.07) is 4.96. The molecular formula is C14H18ClIN2O3. The Morgan fingerprint density at radius 3 is 2.71 bits per heavy atom. The predicted octanol–water partition coefficient (Wildman–Crippen LogP) is 3.96. The summed E-state index contributed by atoms with van der Waals surface area (Å²) in [7, 11) is 0. The molecule has 0 saturated heterocycles. The molecule has 0 bridgehead atoms. The number of carbonyl (C=O) groups excluding carboxylic acids is 1. The number of nitrogens with one attached hydrogen (secondary N) is 2. The molecule has 1 rings (SSSR count). The molecule has 3 N–H and O–H groups in total. The van der Waals surface area contributed by atoms with E-state index < -0.39 is 5.97 Å². The summed E-state index contributed by atoms with van der Waals surface area (Å²) < 4.78 is 0.866. The van der Waals surface area contributed by atoms with Crippen molar-refractivity contribution < 1.29 is 14.7 Å². The van der Waals surface area contributed by atoms with Crippen LogP contribution in [0.4, 0.5) is 10.5 Å². The standard InChI is InChI=1S/C14H18ClIN2O3/c1-9(2-5-13(19)20)6-7-17-14(21)18-12-4-3-10(15)8-11(12)16/h3-4,8-9H,2,5-7H2,1H3,(H,19,20)(H2,17,18,21). The largest absolute Gasteiger partial charge is 0.481 e. The van der Waals surface area contributed by atoms with E-state index in [4.69, 9.17) is 16.7 Å². The Labute approximate surface area is 142 Å². The van der Waals surface area contributed by atoms with Gasteiger partial charge in [0.1, 0.15) is 0 Å². The van der Waals surface area contributed by atoms with Crippen LogP contribution in [0.25, 0.3) is 0 Å². The van der Waals surface area contributed by atoms with E-state index in [-0.39, 0.29) is 18.4 Å². The molecule has 0 aromatic heterocycles. The van der Waals surface area contributed by atoms with Crippen molar-refractivity contribution in [1.29, 1.82) is 0 Å². The summed E-state index contributed by atoms with van der Waals surface area (Å²) >= 11 is 7.95. The number of carbonyl (C=O) groups is 2. The molecule has 21 heavy (non-hydrogen) atoms. The van der Waals surface area contributed by atoms with E-state index in [1.807, 2.05) is 6.92 Å². The van der Waals surface area contributed by atoms with E-state index in [1.54, 1.807) is 18.2 Å². The molecule has 0 aliphatic rings. The van der Waals surface area contributed by atoms with Crippen LogP contribution in [0.3, 0.4) is 0 Å². The van der Waals surface area contributed by atoms with Gasteiger partial charge in [-0.3, -0.25) is 4.79 Å². The van der Waals surface area contributed by atoms with Crippen LogP contribution in [-0.4, -0.2) is 23.7 Å². The lowest BCUT2D eigenvalue weighted by Gasteiger charge is -2.12. The summed E-state index contributed by atoms with van der Waals surface area (Å²) in [4.78, 5) is 22.2. The first kappa shape index (κ1) is 18.0. The number of carboxylic acids is 1. The fourth-order valence-electron chi connectivity index (χ4n) is 1.70. The number of carboxylic acid groups (broad SMARTS) is 1. The first-order valence-corrected chi connectivity index (χ1v) is 8.06. The van der Waals surface area contributed by atoms with Gasteiger partial charge in [0.2, 0.25) is 0 Å². The molecule has 1 atom stereocenters. The Bertz CT molecular complexity index is 511. The molecule has 0 aliphatic carbocycles. The number of aliphatic carboxylic acids is 1. The van der Waals surface area contributed by atoms with E-state index in [1.165, 1.54) is 0 Å². The minimum Gasteiger partial charge on any atom is -0.481 e. The predicted molar refractivity (Wildman–Crippen MR) is 91.8 cm³/mol. The van der Waals surface area contributed by atoms with Gasteiger partial charge in [0.05, 0.1) is 5.69 Å². The number of halogens is 2. The first-order chi connectivity index (χ1) is 9.88. The molecule has 0 spiro atoms. The number of hydrogen-bond donors (Lipinski definition) is 3. The van der Waals surface area contributed by atoms with Crippen LogP contribution in [0.15, 0.2) is 18.2 Å². The van der Waals surface area contributed by atoms with E-state index in [2.05, 4.69) is 33.2 Å². The van der Waals surface area contributed by atoms with Crippen LogP contribution in [0.1, 0.15) is 26.2 Å². The van der Waals surface area contributed by atoms with Crippen molar-refractivity contribution in [3.05, 3.63) is 26.8 Å². The molecule has 0 radical (unpaired) electrons. The highest BCUT2D eigenvalue weighted by molar-refractivity contribution is 14.1. The van der Waals surface area contributed by atoms with E-state index in [0.29, 0.717) is 23.7 Å². The SMILES string of the molecule is CC(CCNC(=O)Nc1ccc(Cl)cc1I)CCC(=O)O. The van der Waals surface area contributed by atoms with Crippen LogP contribution >= 0.6 is 34.2 Å². The zero-order valence-corrected chi connectivity index (χ0v) is 14.6. The normalized spacial score (nSPS) is 11.8. The molecule has 2 amide bonds. The Kier molecular flexibility index (Phi) is 7.81. The quantitative estimate of drug-likeness (QED) is 0.580. The zero-order valence-electron chi connectivity index (χ0n) is 11.7. The maximum atomic E-state index is 11.7. The van der Waals surface area contributed by atoms with Gasteiger partial charge in [-0.2, -0.15) is 0 Å². The van der Waals surface area contributed by atoms with Gasteiger partial charge < -0.3 is 15.7 Å². The van der Waals surface area contributed by atoms with Crippen molar-refractivity contribution in [1.82, 2.24) is 5.32 Å². The number of urea groups is 1. The topological polar surface area (TPSA) is 78.4 Å². The average Bonchev–Trinajstić information content (AvgIpc) is 2.39. The molecule has 7 heteroatoms. The summed E-state index contributed by atoms with van der Waals surface area (Å²) in [6.45, 7) is 2.49. The third kappa shape index (κ3) is 7.52. The number of rotatable bonds is 7. The fraction of sp³-hybridized carbons (Fsp3) is 0.429. The Balaban J connectivity index is 2.29. The van der Waals surface area contributed by atoms with E-state index in [0.717, 1.165) is 9.99 Å². The van der Waals surface area contributed by atoms with Crippen LogP contribution in [0.2, 0.25) is 5.02 Å². The zero-order chi connectivity index (χ0) is 15.8. The minimum atomic E-state index is -0.787. The van der Waals surface area contributed by atoms with Gasteiger partial charge >= 0.3 is 12.0 Å². The number of benzene rings is 1. The molecule has 116 valence electrons. The van der Waals surface area contributed by atoms with Crippen LogP contribution < -0.4 is 10.6 Å². The van der Waals surface area contributed by atoms with Gasteiger partial charge in [0, 0.05) is 21.6 Å². The van der Waals surface area contributed by atoms with Crippen LogP contribution in [0, 0.1) is 9.49 Å². The second-order valence-electron chi connectivity index (χ2n) is 4.83. The summed E-state index contributed by atoms with van der Waals surface area (Å²) in [5.41, 5.74) is 0.705.